The van der Waals surface area contributed by atoms with Gasteiger partial charge in [0.2, 0.25) is 5.92 Å². The number of hydrogen-bond acceptors (Lipinski definition) is 2. The maximum Gasteiger partial charge on any atom is 0.248 e. The first-order chi connectivity index (χ1) is 8.37. The van der Waals surface area contributed by atoms with Crippen molar-refractivity contribution in [3.8, 4) is 0 Å². The molecule has 0 saturated heterocycles. The molecule has 1 N–H and O–H groups in total. The van der Waals surface area contributed by atoms with Gasteiger partial charge < -0.3 is 5.11 Å². The Balaban J connectivity index is 2.02. The van der Waals surface area contributed by atoms with E-state index in [0.29, 0.717) is 17.1 Å². The zero-order chi connectivity index (χ0) is 13.3. The summed E-state index contributed by atoms with van der Waals surface area (Å²) < 4.78 is 26.1. The van der Waals surface area contributed by atoms with Crippen LogP contribution in [0.4, 0.5) is 8.78 Å². The zero-order valence-corrected chi connectivity index (χ0v) is 11.1. The van der Waals surface area contributed by atoms with Crippen molar-refractivity contribution < 1.29 is 13.9 Å². The smallest absolute Gasteiger partial charge is 0.248 e. The maximum absolute atomic E-state index is 13.0. The number of rotatable bonds is 3. The highest BCUT2D eigenvalue weighted by Gasteiger charge is 2.40. The van der Waals surface area contributed by atoms with Gasteiger partial charge in [-0.3, -0.25) is 4.98 Å². The van der Waals surface area contributed by atoms with Crippen LogP contribution < -0.4 is 0 Å². The van der Waals surface area contributed by atoms with Crippen molar-refractivity contribution >= 4 is 23.2 Å². The molecule has 1 heterocycles. The second-order valence-corrected chi connectivity index (χ2v) is 5.58. The first-order valence-electron chi connectivity index (χ1n) is 5.74. The van der Waals surface area contributed by atoms with Crippen molar-refractivity contribution in [1.82, 2.24) is 4.98 Å². The van der Waals surface area contributed by atoms with Gasteiger partial charge in [0.1, 0.15) is 0 Å². The Morgan fingerprint density at radius 1 is 1.50 bits per heavy atom. The molecule has 2 rings (SSSR count). The number of nitrogens with zero attached hydrogens (tertiary/aromatic N) is 1. The third kappa shape index (κ3) is 3.31. The molecule has 1 fully saturated rings. The number of halogens is 4. The van der Waals surface area contributed by atoms with Crippen molar-refractivity contribution in [3.05, 3.63) is 28.0 Å². The highest BCUT2D eigenvalue weighted by Crippen LogP contribution is 2.42. The van der Waals surface area contributed by atoms with Crippen LogP contribution in [0.5, 0.6) is 0 Å². The Hall–Kier alpha value is -0.450. The predicted octanol–water partition coefficient (Wildman–Crippen LogP) is 4.25. The molecule has 1 aliphatic carbocycles. The van der Waals surface area contributed by atoms with E-state index in [1.807, 2.05) is 0 Å². The molecule has 2 atom stereocenters. The molecule has 2 unspecified atom stereocenters. The fraction of sp³-hybridized carbons (Fsp3) is 0.583. The molecule has 1 aromatic heterocycles. The van der Waals surface area contributed by atoms with Crippen LogP contribution in [0.15, 0.2) is 12.3 Å². The van der Waals surface area contributed by atoms with E-state index in [1.54, 1.807) is 0 Å². The summed E-state index contributed by atoms with van der Waals surface area (Å²) in [6.45, 7) is 0. The normalized spacial score (nSPS) is 24.2. The van der Waals surface area contributed by atoms with Crippen LogP contribution in [0.2, 0.25) is 10.0 Å². The van der Waals surface area contributed by atoms with Crippen LogP contribution in [0, 0.1) is 5.92 Å². The summed E-state index contributed by atoms with van der Waals surface area (Å²) in [6.07, 6.45) is 0.865. The number of hydrogen-bond donors (Lipinski definition) is 1. The SMILES string of the molecule is OC(CC1CCC(F)(F)C1)c1ncc(Cl)cc1Cl. The molecule has 0 spiro atoms. The Morgan fingerprint density at radius 2 is 2.22 bits per heavy atom. The average molecular weight is 296 g/mol. The summed E-state index contributed by atoms with van der Waals surface area (Å²) in [4.78, 5) is 3.95. The average Bonchev–Trinajstić information content (AvgIpc) is 2.57. The largest absolute Gasteiger partial charge is 0.387 e. The van der Waals surface area contributed by atoms with Crippen molar-refractivity contribution in [2.24, 2.45) is 5.92 Å². The summed E-state index contributed by atoms with van der Waals surface area (Å²) in [5, 5.41) is 10.6. The molecule has 6 heteroatoms. The summed E-state index contributed by atoms with van der Waals surface area (Å²) in [7, 11) is 0. The van der Waals surface area contributed by atoms with Gasteiger partial charge >= 0.3 is 0 Å². The van der Waals surface area contributed by atoms with Gasteiger partial charge in [-0.1, -0.05) is 23.2 Å². The van der Waals surface area contributed by atoms with Gasteiger partial charge in [-0.05, 0) is 24.8 Å². The molecule has 2 nitrogen and oxygen atoms in total. The molecule has 0 amide bonds. The van der Waals surface area contributed by atoms with E-state index in [-0.39, 0.29) is 30.2 Å². The van der Waals surface area contributed by atoms with Gasteiger partial charge in [-0.25, -0.2) is 8.78 Å². The van der Waals surface area contributed by atoms with Gasteiger partial charge in [0.25, 0.3) is 0 Å². The van der Waals surface area contributed by atoms with Gasteiger partial charge in [0.15, 0.2) is 0 Å². The van der Waals surface area contributed by atoms with Crippen LogP contribution in [0.1, 0.15) is 37.5 Å². The van der Waals surface area contributed by atoms with Gasteiger partial charge in [0.05, 0.1) is 21.8 Å². The monoisotopic (exact) mass is 295 g/mol. The minimum atomic E-state index is -2.60. The lowest BCUT2D eigenvalue weighted by molar-refractivity contribution is 0.00246. The van der Waals surface area contributed by atoms with Gasteiger partial charge in [-0.15, -0.1) is 0 Å². The van der Waals surface area contributed by atoms with Crippen molar-refractivity contribution in [2.75, 3.05) is 0 Å². The van der Waals surface area contributed by atoms with E-state index >= 15 is 0 Å². The Kier molecular flexibility index (Phi) is 4.09. The standard InChI is InChI=1S/C12H13Cl2F2NO/c13-8-4-9(14)11(17-6-8)10(18)3-7-1-2-12(15,16)5-7/h4,6-7,10,18H,1-3,5H2. The zero-order valence-electron chi connectivity index (χ0n) is 9.54. The second-order valence-electron chi connectivity index (χ2n) is 4.74. The van der Waals surface area contributed by atoms with Crippen LogP contribution in [-0.2, 0) is 0 Å². The fourth-order valence-electron chi connectivity index (χ4n) is 2.34. The minimum absolute atomic E-state index is 0.105. The van der Waals surface area contributed by atoms with Crippen molar-refractivity contribution in [2.45, 2.75) is 37.7 Å². The molecular weight excluding hydrogens is 283 g/mol. The lowest BCUT2D eigenvalue weighted by Gasteiger charge is -2.16. The summed E-state index contributed by atoms with van der Waals surface area (Å²) in [5.41, 5.74) is 0.302. The van der Waals surface area contributed by atoms with Crippen molar-refractivity contribution in [3.63, 3.8) is 0 Å². The molecule has 1 saturated carbocycles. The summed E-state index contributed by atoms with van der Waals surface area (Å²) in [5.74, 6) is -2.79. The van der Waals surface area contributed by atoms with Crippen LogP contribution in [0.25, 0.3) is 0 Å². The first-order valence-corrected chi connectivity index (χ1v) is 6.50. The quantitative estimate of drug-likeness (QED) is 0.904. The Labute approximate surface area is 114 Å². The summed E-state index contributed by atoms with van der Waals surface area (Å²) >= 11 is 11.6. The lowest BCUT2D eigenvalue weighted by Crippen LogP contribution is -2.12. The maximum atomic E-state index is 13.0. The second kappa shape index (κ2) is 5.27. The molecule has 18 heavy (non-hydrogen) atoms. The number of alkyl halides is 2. The number of aliphatic hydroxyl groups excluding tert-OH is 1. The lowest BCUT2D eigenvalue weighted by atomic mass is 9.98. The molecular formula is C12H13Cl2F2NO. The molecule has 1 aliphatic rings. The minimum Gasteiger partial charge on any atom is -0.387 e. The topological polar surface area (TPSA) is 33.1 Å². The van der Waals surface area contributed by atoms with Gasteiger partial charge in [-0.2, -0.15) is 0 Å². The van der Waals surface area contributed by atoms with E-state index in [1.165, 1.54) is 12.3 Å². The highest BCUT2D eigenvalue weighted by atomic mass is 35.5. The van der Waals surface area contributed by atoms with Crippen LogP contribution in [-0.4, -0.2) is 16.0 Å². The molecule has 100 valence electrons. The molecule has 1 aromatic rings. The van der Waals surface area contributed by atoms with Crippen molar-refractivity contribution in [1.29, 1.82) is 0 Å². The first kappa shape index (κ1) is 14.0. The number of aliphatic hydroxyl groups is 1. The van der Waals surface area contributed by atoms with E-state index < -0.39 is 12.0 Å². The molecule has 0 bridgehead atoms. The number of pyridine rings is 1. The highest BCUT2D eigenvalue weighted by molar-refractivity contribution is 6.34. The predicted molar refractivity (Wildman–Crippen MR) is 66.1 cm³/mol. The summed E-state index contributed by atoms with van der Waals surface area (Å²) in [6, 6.07) is 1.48. The third-order valence-corrected chi connectivity index (χ3v) is 3.72. The Bertz CT molecular complexity index is 442. The van der Waals surface area contributed by atoms with Crippen LogP contribution in [0.3, 0.4) is 0 Å². The Morgan fingerprint density at radius 3 is 2.78 bits per heavy atom. The van der Waals surface area contributed by atoms with E-state index in [4.69, 9.17) is 23.2 Å². The molecule has 0 aromatic carbocycles. The third-order valence-electron chi connectivity index (χ3n) is 3.21. The van der Waals surface area contributed by atoms with E-state index in [0.717, 1.165) is 0 Å². The van der Waals surface area contributed by atoms with E-state index in [9.17, 15) is 13.9 Å². The number of aromatic nitrogens is 1. The fourth-order valence-corrected chi connectivity index (χ4v) is 2.85. The van der Waals surface area contributed by atoms with Crippen LogP contribution >= 0.6 is 23.2 Å². The molecule has 0 aliphatic heterocycles. The van der Waals surface area contributed by atoms with E-state index in [2.05, 4.69) is 4.98 Å². The molecule has 0 radical (unpaired) electrons. The van der Waals surface area contributed by atoms with Gasteiger partial charge in [0, 0.05) is 19.0 Å².